The topological polar surface area (TPSA) is 125 Å². The summed E-state index contributed by atoms with van der Waals surface area (Å²) in [5, 5.41) is 9.18. The van der Waals surface area contributed by atoms with Crippen LogP contribution >= 0.6 is 0 Å². The number of rotatable bonds is 7. The van der Waals surface area contributed by atoms with Gasteiger partial charge in [-0.2, -0.15) is 9.35 Å². The van der Waals surface area contributed by atoms with Crippen LogP contribution in [0.25, 0.3) is 0 Å². The number of nitrogens with one attached hydrogen (secondary N) is 3. The lowest BCUT2D eigenvalue weighted by atomic mass is 9.94. The van der Waals surface area contributed by atoms with E-state index in [1.54, 1.807) is 30.7 Å². The molecule has 2 aromatic heterocycles. The van der Waals surface area contributed by atoms with E-state index in [0.29, 0.717) is 29.9 Å². The van der Waals surface area contributed by atoms with Crippen molar-refractivity contribution >= 4 is 44.7 Å². The third-order valence-electron chi connectivity index (χ3n) is 5.67. The van der Waals surface area contributed by atoms with Gasteiger partial charge in [0.2, 0.25) is 5.95 Å². The molecular weight excluding hydrogens is 476 g/mol. The lowest BCUT2D eigenvalue weighted by molar-refractivity contribution is 0.0956. The summed E-state index contributed by atoms with van der Waals surface area (Å²) in [5.41, 5.74) is 5.08. The summed E-state index contributed by atoms with van der Waals surface area (Å²) in [4.78, 5) is 28.4. The van der Waals surface area contributed by atoms with E-state index < -0.39 is 9.73 Å². The minimum absolute atomic E-state index is 0.282. The molecule has 36 heavy (non-hydrogen) atoms. The van der Waals surface area contributed by atoms with Crippen LogP contribution < -0.4 is 16.0 Å². The lowest BCUT2D eigenvalue weighted by Crippen LogP contribution is -2.27. The zero-order valence-electron chi connectivity index (χ0n) is 21.3. The number of aryl methyl sites for hydroxylation is 1. The van der Waals surface area contributed by atoms with Crippen LogP contribution in [0.4, 0.5) is 29.1 Å². The van der Waals surface area contributed by atoms with Crippen LogP contribution in [-0.2, 0) is 22.7 Å². The maximum atomic E-state index is 12.7. The van der Waals surface area contributed by atoms with Crippen LogP contribution in [0.5, 0.6) is 0 Å². The van der Waals surface area contributed by atoms with Crippen molar-refractivity contribution in [2.45, 2.75) is 26.8 Å². The average Bonchev–Trinajstić information content (AvgIpc) is 2.78. The molecule has 0 atom stereocenters. The van der Waals surface area contributed by atoms with Gasteiger partial charge in [0.15, 0.2) is 5.82 Å². The Morgan fingerprint density at radius 1 is 1.19 bits per heavy atom. The first-order chi connectivity index (χ1) is 17.1. The predicted octanol–water partition coefficient (Wildman–Crippen LogP) is 3.76. The number of benzene rings is 1. The quantitative estimate of drug-likeness (QED) is 0.441. The molecule has 0 saturated carbocycles. The van der Waals surface area contributed by atoms with Crippen LogP contribution in [-0.4, -0.2) is 62.6 Å². The second kappa shape index (κ2) is 10.6. The smallest absolute Gasteiger partial charge is 0.256 e. The van der Waals surface area contributed by atoms with E-state index in [1.165, 1.54) is 22.9 Å². The molecule has 4 rings (SSSR count). The third kappa shape index (κ3) is 6.35. The Hall–Kier alpha value is -3.57. The van der Waals surface area contributed by atoms with Crippen molar-refractivity contribution in [3.63, 3.8) is 0 Å². The fourth-order valence-electron chi connectivity index (χ4n) is 4.11. The number of carbonyl (C=O) groups is 1. The second-order valence-electron chi connectivity index (χ2n) is 9.14. The zero-order chi connectivity index (χ0) is 25.9. The summed E-state index contributed by atoms with van der Waals surface area (Å²) < 4.78 is 16.2. The summed E-state index contributed by atoms with van der Waals surface area (Å²) in [6, 6.07) is 9.37. The molecule has 3 heterocycles. The van der Waals surface area contributed by atoms with E-state index in [9.17, 15) is 9.00 Å². The summed E-state index contributed by atoms with van der Waals surface area (Å²) >= 11 is 0. The summed E-state index contributed by atoms with van der Waals surface area (Å²) in [6.07, 6.45) is 5.61. The molecule has 0 fully saturated rings. The van der Waals surface area contributed by atoms with Gasteiger partial charge in [-0.3, -0.25) is 4.79 Å². The second-order valence-corrected chi connectivity index (χ2v) is 11.7. The van der Waals surface area contributed by atoms with E-state index in [0.717, 1.165) is 25.2 Å². The van der Waals surface area contributed by atoms with Crippen LogP contribution in [0.3, 0.4) is 0 Å². The van der Waals surface area contributed by atoms with Gasteiger partial charge < -0.3 is 20.9 Å². The summed E-state index contributed by atoms with van der Waals surface area (Å²) in [6.45, 7) is 6.38. The number of carbonyl (C=O) groups excluding carboxylic acids is 1. The van der Waals surface area contributed by atoms with Gasteiger partial charge in [-0.25, -0.2) is 14.2 Å². The zero-order valence-corrected chi connectivity index (χ0v) is 22.1. The van der Waals surface area contributed by atoms with Crippen molar-refractivity contribution in [2.24, 2.45) is 4.36 Å². The Morgan fingerprint density at radius 3 is 2.75 bits per heavy atom. The van der Waals surface area contributed by atoms with Gasteiger partial charge in [0.05, 0.1) is 0 Å². The monoisotopic (exact) mass is 508 g/mol. The summed E-state index contributed by atoms with van der Waals surface area (Å²) in [5.74, 6) is 1.09. The van der Waals surface area contributed by atoms with Crippen molar-refractivity contribution in [3.8, 4) is 0 Å². The normalized spacial score (nSPS) is 13.6. The number of amides is 1. The van der Waals surface area contributed by atoms with Crippen molar-refractivity contribution in [2.75, 3.05) is 43.3 Å². The van der Waals surface area contributed by atoms with Gasteiger partial charge in [0.25, 0.3) is 5.91 Å². The van der Waals surface area contributed by atoms with Crippen molar-refractivity contribution in [3.05, 3.63) is 58.8 Å². The van der Waals surface area contributed by atoms with Gasteiger partial charge in [-0.05, 0) is 68.3 Å². The van der Waals surface area contributed by atoms with Gasteiger partial charge in [0, 0.05) is 53.8 Å². The number of fused-ring (bicyclic) bond motifs is 1. The van der Waals surface area contributed by atoms with E-state index in [4.69, 9.17) is 0 Å². The van der Waals surface area contributed by atoms with Crippen LogP contribution in [0, 0.1) is 6.92 Å². The van der Waals surface area contributed by atoms with E-state index in [1.807, 2.05) is 6.92 Å². The number of pyridine rings is 1. The lowest BCUT2D eigenvalue weighted by Gasteiger charge is -2.27. The molecule has 1 aromatic carbocycles. The molecule has 3 N–H and O–H groups in total. The molecule has 0 aliphatic carbocycles. The van der Waals surface area contributed by atoms with Crippen molar-refractivity contribution < 1.29 is 9.00 Å². The van der Waals surface area contributed by atoms with Crippen molar-refractivity contribution in [1.29, 1.82) is 0 Å². The highest BCUT2D eigenvalue weighted by atomic mass is 32.2. The van der Waals surface area contributed by atoms with Gasteiger partial charge in [-0.1, -0.05) is 6.07 Å². The molecule has 1 aliphatic rings. The number of hydrogen-bond acceptors (Lipinski definition) is 9. The van der Waals surface area contributed by atoms with Crippen molar-refractivity contribution in [1.82, 2.24) is 25.2 Å². The Bertz CT molecular complexity index is 1410. The number of nitrogens with zero attached hydrogens (tertiary/aromatic N) is 5. The van der Waals surface area contributed by atoms with Crippen LogP contribution in [0.2, 0.25) is 0 Å². The maximum absolute atomic E-state index is 12.7. The molecule has 0 radical (unpaired) electrons. The molecule has 0 bridgehead atoms. The predicted molar refractivity (Wildman–Crippen MR) is 144 cm³/mol. The number of likely N-dealkylation sites (N-methyl/N-ethyl adjacent to an activating group) is 1. The highest BCUT2D eigenvalue weighted by molar-refractivity contribution is 7.92. The molecule has 190 valence electrons. The standard InChI is InChI=1S/C25H32N8O2S/c1-6-26-24(34)20-14-27-25(28-18-12-16(2)19-10-11-33(3)15-17(19)13-18)31-23(20)30-21-8-7-9-22(29-21)32-36(4,5)35/h7-9,12-14H,6,10-11,15H2,1-5H3,(H,26,34)(H2,27,28,29,30,31). The SMILES string of the molecule is CCNC(=O)c1cnc(Nc2cc(C)c3c(c2)CN(C)CC3)nc1Nc1cccc(N=S(C)(C)=O)n1. The molecule has 11 heteroatoms. The first kappa shape index (κ1) is 25.5. The fourth-order valence-corrected chi connectivity index (χ4v) is 4.66. The molecule has 1 aliphatic heterocycles. The average molecular weight is 509 g/mol. The van der Waals surface area contributed by atoms with E-state index in [2.05, 4.69) is 66.3 Å². The Morgan fingerprint density at radius 2 is 2.00 bits per heavy atom. The Kier molecular flexibility index (Phi) is 7.51. The summed E-state index contributed by atoms with van der Waals surface area (Å²) in [7, 11) is -0.249. The minimum atomic E-state index is -2.37. The molecule has 0 saturated heterocycles. The molecule has 3 aromatic rings. The maximum Gasteiger partial charge on any atom is 0.256 e. The highest BCUT2D eigenvalue weighted by Crippen LogP contribution is 2.28. The number of hydrogen-bond donors (Lipinski definition) is 3. The molecule has 1 amide bonds. The number of aromatic nitrogens is 3. The Labute approximate surface area is 212 Å². The fraction of sp³-hybridized carbons (Fsp3) is 0.360. The van der Waals surface area contributed by atoms with Gasteiger partial charge in [-0.15, -0.1) is 0 Å². The largest absolute Gasteiger partial charge is 0.352 e. The highest BCUT2D eigenvalue weighted by Gasteiger charge is 2.18. The Balaban J connectivity index is 1.67. The first-order valence-corrected chi connectivity index (χ1v) is 14.1. The van der Waals surface area contributed by atoms with E-state index in [-0.39, 0.29) is 11.5 Å². The first-order valence-electron chi connectivity index (χ1n) is 11.8. The minimum Gasteiger partial charge on any atom is -0.352 e. The number of anilines is 4. The van der Waals surface area contributed by atoms with Crippen LogP contribution in [0.1, 0.15) is 34.0 Å². The molecule has 10 nitrogen and oxygen atoms in total. The van der Waals surface area contributed by atoms with Crippen LogP contribution in [0.15, 0.2) is 40.9 Å². The molecule has 0 spiro atoms. The van der Waals surface area contributed by atoms with Gasteiger partial charge in [0.1, 0.15) is 17.2 Å². The molecular formula is C25H32N8O2S. The third-order valence-corrected chi connectivity index (χ3v) is 6.30. The molecule has 0 unspecified atom stereocenters. The van der Waals surface area contributed by atoms with Gasteiger partial charge >= 0.3 is 0 Å². The van der Waals surface area contributed by atoms with E-state index >= 15 is 0 Å².